The van der Waals surface area contributed by atoms with E-state index in [4.69, 9.17) is 33.2 Å². The first-order valence-electron chi connectivity index (χ1n) is 12.5. The summed E-state index contributed by atoms with van der Waals surface area (Å²) in [5, 5.41) is 2.96. The average molecular weight is 556 g/mol. The number of hydrogen-bond acceptors (Lipinski definition) is 12. The second-order valence-corrected chi connectivity index (χ2v) is 11.0. The molecule has 12 nitrogen and oxygen atoms in total. The van der Waals surface area contributed by atoms with E-state index in [2.05, 4.69) is 5.32 Å². The second kappa shape index (κ2) is 15.2. The number of esters is 1. The van der Waals surface area contributed by atoms with E-state index in [1.165, 1.54) is 19.2 Å². The lowest BCUT2D eigenvalue weighted by atomic mass is 10.1. The molecule has 1 atom stereocenters. The van der Waals surface area contributed by atoms with Gasteiger partial charge in [0.1, 0.15) is 23.9 Å². The Labute approximate surface area is 229 Å². The van der Waals surface area contributed by atoms with Crippen LogP contribution in [0.25, 0.3) is 0 Å². The maximum absolute atomic E-state index is 12.4. The number of rotatable bonds is 11. The molecule has 0 spiro atoms. The van der Waals surface area contributed by atoms with E-state index in [0.29, 0.717) is 5.56 Å². The average Bonchev–Trinajstić information content (AvgIpc) is 2.78. The van der Waals surface area contributed by atoms with Gasteiger partial charge in [-0.2, -0.15) is 0 Å². The van der Waals surface area contributed by atoms with Crippen LogP contribution in [0.2, 0.25) is 0 Å². The third kappa shape index (κ3) is 14.8. The lowest BCUT2D eigenvalue weighted by molar-refractivity contribution is -0.143. The van der Waals surface area contributed by atoms with Gasteiger partial charge in [-0.25, -0.2) is 14.4 Å². The summed E-state index contributed by atoms with van der Waals surface area (Å²) in [6.45, 7) is 14.2. The van der Waals surface area contributed by atoms with Gasteiger partial charge in [0, 0.05) is 6.54 Å². The Morgan fingerprint density at radius 2 is 1.38 bits per heavy atom. The van der Waals surface area contributed by atoms with Crippen LogP contribution in [0.3, 0.4) is 0 Å². The summed E-state index contributed by atoms with van der Waals surface area (Å²) >= 11 is 0. The molecule has 0 saturated heterocycles. The number of carbonyl (C=O) groups excluding carboxylic acids is 4. The van der Waals surface area contributed by atoms with E-state index in [0.717, 1.165) is 0 Å². The van der Waals surface area contributed by atoms with Crippen LogP contribution in [-0.2, 0) is 34.9 Å². The molecule has 1 N–H and O–H groups in total. The summed E-state index contributed by atoms with van der Waals surface area (Å²) in [5.41, 5.74) is -1.10. The molecule has 39 heavy (non-hydrogen) atoms. The van der Waals surface area contributed by atoms with Crippen molar-refractivity contribution in [2.45, 2.75) is 79.1 Å². The van der Waals surface area contributed by atoms with Crippen LogP contribution >= 0.6 is 0 Å². The monoisotopic (exact) mass is 555 g/mol. The molecule has 0 aliphatic carbocycles. The zero-order valence-electron chi connectivity index (χ0n) is 24.2. The molecule has 1 rings (SSSR count). The van der Waals surface area contributed by atoms with E-state index in [1.54, 1.807) is 47.6 Å². The number of methoxy groups -OCH3 is 1. The van der Waals surface area contributed by atoms with Crippen molar-refractivity contribution in [1.29, 1.82) is 0 Å². The molecule has 0 aliphatic heterocycles. The van der Waals surface area contributed by atoms with Crippen LogP contribution in [0.5, 0.6) is 11.5 Å². The Bertz CT molecular complexity index is 977. The molecule has 0 heterocycles. The summed E-state index contributed by atoms with van der Waals surface area (Å²) in [6.07, 6.45) is -2.71. The van der Waals surface area contributed by atoms with E-state index in [-0.39, 0.29) is 43.6 Å². The predicted octanol–water partition coefficient (Wildman–Crippen LogP) is 4.80. The van der Waals surface area contributed by atoms with E-state index >= 15 is 0 Å². The van der Waals surface area contributed by atoms with Crippen molar-refractivity contribution < 1.29 is 52.3 Å². The highest BCUT2D eigenvalue weighted by Gasteiger charge is 2.25. The van der Waals surface area contributed by atoms with Crippen LogP contribution in [0.4, 0.5) is 14.4 Å². The first kappa shape index (κ1) is 33.5. The number of hydrogen-bond donors (Lipinski definition) is 1. The number of carbonyl (C=O) groups is 4. The van der Waals surface area contributed by atoms with Gasteiger partial charge >= 0.3 is 24.4 Å². The predicted molar refractivity (Wildman–Crippen MR) is 140 cm³/mol. The molecule has 220 valence electrons. The van der Waals surface area contributed by atoms with Crippen molar-refractivity contribution in [2.24, 2.45) is 5.92 Å². The summed E-state index contributed by atoms with van der Waals surface area (Å²) in [5.74, 6) is -0.604. The zero-order chi connectivity index (χ0) is 29.8. The minimum absolute atomic E-state index is 0.0416. The van der Waals surface area contributed by atoms with Gasteiger partial charge in [-0.05, 0) is 71.6 Å². The summed E-state index contributed by atoms with van der Waals surface area (Å²) < 4.78 is 35.8. The molecule has 0 fully saturated rings. The van der Waals surface area contributed by atoms with E-state index < -0.39 is 41.7 Å². The second-order valence-electron chi connectivity index (χ2n) is 11.0. The molecular weight excluding hydrogens is 514 g/mol. The Balaban J connectivity index is 3.02. The van der Waals surface area contributed by atoms with Gasteiger partial charge in [0.25, 0.3) is 0 Å². The molecule has 0 aliphatic rings. The Hall–Kier alpha value is -3.54. The van der Waals surface area contributed by atoms with Crippen molar-refractivity contribution in [3.8, 4) is 11.5 Å². The highest BCUT2D eigenvalue weighted by molar-refractivity contribution is 5.76. The maximum Gasteiger partial charge on any atom is 0.514 e. The molecule has 0 saturated carbocycles. The molecule has 0 radical (unpaired) electrons. The van der Waals surface area contributed by atoms with Crippen LogP contribution < -0.4 is 14.8 Å². The van der Waals surface area contributed by atoms with Gasteiger partial charge in [0.2, 0.25) is 0 Å². The van der Waals surface area contributed by atoms with Crippen molar-refractivity contribution in [2.75, 3.05) is 26.9 Å². The fourth-order valence-corrected chi connectivity index (χ4v) is 2.83. The van der Waals surface area contributed by atoms with Gasteiger partial charge < -0.3 is 38.5 Å². The quantitative estimate of drug-likeness (QED) is 0.173. The molecular formula is C27H41NO11. The normalized spacial score (nSPS) is 12.3. The van der Waals surface area contributed by atoms with Gasteiger partial charge in [0.05, 0.1) is 13.7 Å². The van der Waals surface area contributed by atoms with Gasteiger partial charge in [0.15, 0.2) is 11.5 Å². The largest absolute Gasteiger partial charge is 0.514 e. The van der Waals surface area contributed by atoms with Crippen LogP contribution in [0.1, 0.15) is 61.0 Å². The minimum atomic E-state index is -1.02. The summed E-state index contributed by atoms with van der Waals surface area (Å²) in [4.78, 5) is 48.6. The van der Waals surface area contributed by atoms with Crippen LogP contribution in [-0.4, -0.2) is 68.5 Å². The van der Waals surface area contributed by atoms with Gasteiger partial charge in [-0.15, -0.1) is 0 Å². The third-order valence-corrected chi connectivity index (χ3v) is 4.35. The molecule has 1 aromatic rings. The summed E-state index contributed by atoms with van der Waals surface area (Å²) in [7, 11) is 1.24. The minimum Gasteiger partial charge on any atom is -0.468 e. The van der Waals surface area contributed by atoms with Crippen molar-refractivity contribution in [1.82, 2.24) is 5.32 Å². The van der Waals surface area contributed by atoms with Gasteiger partial charge in [-0.1, -0.05) is 19.9 Å². The van der Waals surface area contributed by atoms with Crippen molar-refractivity contribution >= 4 is 24.4 Å². The smallest absolute Gasteiger partial charge is 0.468 e. The number of benzene rings is 1. The first-order chi connectivity index (χ1) is 18.0. The zero-order valence-corrected chi connectivity index (χ0v) is 24.2. The van der Waals surface area contributed by atoms with Crippen molar-refractivity contribution in [3.63, 3.8) is 0 Å². The SMILES string of the molecule is COC(=O)[C@H](Cc1ccc(OC(=O)OC(C)(C)C)c(OC(=O)OC(C)(C)C)c1)NCCOC(=O)OCC(C)C. The fraction of sp³-hybridized carbons (Fsp3) is 0.630. The molecule has 1 aromatic carbocycles. The van der Waals surface area contributed by atoms with Crippen LogP contribution in [0, 0.1) is 5.92 Å². The molecule has 0 bridgehead atoms. The number of ether oxygens (including phenoxy) is 7. The topological polar surface area (TPSA) is 145 Å². The molecule has 0 aromatic heterocycles. The van der Waals surface area contributed by atoms with E-state index in [1.807, 2.05) is 13.8 Å². The van der Waals surface area contributed by atoms with Gasteiger partial charge in [-0.3, -0.25) is 4.79 Å². The Morgan fingerprint density at radius 3 is 1.90 bits per heavy atom. The molecule has 0 amide bonds. The van der Waals surface area contributed by atoms with Crippen LogP contribution in [0.15, 0.2) is 18.2 Å². The van der Waals surface area contributed by atoms with E-state index in [9.17, 15) is 19.2 Å². The third-order valence-electron chi connectivity index (χ3n) is 4.35. The fourth-order valence-electron chi connectivity index (χ4n) is 2.83. The first-order valence-corrected chi connectivity index (χ1v) is 12.5. The summed E-state index contributed by atoms with van der Waals surface area (Å²) in [6, 6.07) is 3.58. The number of nitrogens with one attached hydrogen (secondary N) is 1. The van der Waals surface area contributed by atoms with Crippen molar-refractivity contribution in [3.05, 3.63) is 23.8 Å². The maximum atomic E-state index is 12.4. The lowest BCUT2D eigenvalue weighted by Gasteiger charge is -2.21. The Kier molecular flexibility index (Phi) is 13.0. The standard InChI is InChI=1S/C27H41NO11/c1-17(2)16-35-23(30)34-13-12-28-19(22(29)33-9)14-18-10-11-20(36-24(31)38-26(3,4)5)21(15-18)37-25(32)39-27(6,7)8/h10-11,15,17,19,28H,12-14,16H2,1-9H3/t19-/m0/s1. The lowest BCUT2D eigenvalue weighted by Crippen LogP contribution is -2.41. The molecule has 12 heteroatoms. The highest BCUT2D eigenvalue weighted by Crippen LogP contribution is 2.31. The highest BCUT2D eigenvalue weighted by atomic mass is 16.8. The molecule has 0 unspecified atom stereocenters. The Morgan fingerprint density at radius 1 is 0.821 bits per heavy atom.